The van der Waals surface area contributed by atoms with E-state index in [1.807, 2.05) is 6.92 Å². The van der Waals surface area contributed by atoms with Crippen LogP contribution in [0.5, 0.6) is 5.75 Å². The standard InChI is InChI=1S/C20H19FN2O4/c1-3-27-17-5-4-10-23-18(12(2)22-19(17)23)16(24)9-7-13-11-14(20(25)26)6-8-15(13)21/h4-6,8,10-11H,3,7,9H2,1-2H3,(H,25,26). The van der Waals surface area contributed by atoms with Gasteiger partial charge in [-0.05, 0) is 56.2 Å². The molecule has 0 atom stereocenters. The third kappa shape index (κ3) is 3.67. The zero-order chi connectivity index (χ0) is 19.6. The lowest BCUT2D eigenvalue weighted by Crippen LogP contribution is -2.08. The molecular weight excluding hydrogens is 351 g/mol. The zero-order valence-electron chi connectivity index (χ0n) is 15.0. The van der Waals surface area contributed by atoms with E-state index in [2.05, 4.69) is 4.98 Å². The molecule has 0 radical (unpaired) electrons. The predicted molar refractivity (Wildman–Crippen MR) is 97.1 cm³/mol. The first-order valence-electron chi connectivity index (χ1n) is 8.57. The lowest BCUT2D eigenvalue weighted by Gasteiger charge is -2.07. The minimum atomic E-state index is -1.14. The maximum absolute atomic E-state index is 14.0. The molecule has 3 rings (SSSR count). The number of carbonyl (C=O) groups is 2. The molecule has 0 saturated heterocycles. The lowest BCUT2D eigenvalue weighted by atomic mass is 10.0. The summed E-state index contributed by atoms with van der Waals surface area (Å²) in [6, 6.07) is 7.13. The number of aromatic carboxylic acids is 1. The van der Waals surface area contributed by atoms with Crippen LogP contribution >= 0.6 is 0 Å². The number of aromatic nitrogens is 2. The number of imidazole rings is 1. The Kier molecular flexibility index (Phi) is 5.21. The van der Waals surface area contributed by atoms with Crippen molar-refractivity contribution in [2.75, 3.05) is 6.61 Å². The van der Waals surface area contributed by atoms with E-state index < -0.39 is 11.8 Å². The molecule has 27 heavy (non-hydrogen) atoms. The van der Waals surface area contributed by atoms with Crippen molar-refractivity contribution in [1.29, 1.82) is 0 Å². The summed E-state index contributed by atoms with van der Waals surface area (Å²) in [5, 5.41) is 9.04. The summed E-state index contributed by atoms with van der Waals surface area (Å²) in [4.78, 5) is 28.3. The highest BCUT2D eigenvalue weighted by Gasteiger charge is 2.19. The number of aryl methyl sites for hydroxylation is 2. The average Bonchev–Trinajstić information content (AvgIpc) is 2.98. The summed E-state index contributed by atoms with van der Waals surface area (Å²) in [5.74, 6) is -1.28. The summed E-state index contributed by atoms with van der Waals surface area (Å²) >= 11 is 0. The molecule has 140 valence electrons. The van der Waals surface area contributed by atoms with E-state index in [0.717, 1.165) is 6.07 Å². The van der Waals surface area contributed by atoms with Gasteiger partial charge in [0.05, 0.1) is 17.9 Å². The van der Waals surface area contributed by atoms with Gasteiger partial charge in [0, 0.05) is 12.6 Å². The minimum absolute atomic E-state index is 0.00816. The second-order valence-corrected chi connectivity index (χ2v) is 6.08. The summed E-state index contributed by atoms with van der Waals surface area (Å²) in [7, 11) is 0. The fourth-order valence-corrected chi connectivity index (χ4v) is 3.03. The molecule has 1 aromatic carbocycles. The monoisotopic (exact) mass is 370 g/mol. The summed E-state index contributed by atoms with van der Waals surface area (Å²) in [6.45, 7) is 4.08. The van der Waals surface area contributed by atoms with Crippen molar-refractivity contribution in [3.05, 3.63) is 64.9 Å². The molecule has 1 N–H and O–H groups in total. The Bertz CT molecular complexity index is 1030. The van der Waals surface area contributed by atoms with Crippen molar-refractivity contribution >= 4 is 17.4 Å². The number of ketones is 1. The molecule has 0 aliphatic heterocycles. The Morgan fingerprint density at radius 1 is 1.30 bits per heavy atom. The maximum Gasteiger partial charge on any atom is 0.335 e. The number of Topliss-reactive ketones (excluding diaryl/α,β-unsaturated/α-hetero) is 1. The number of carboxylic acid groups (broad SMARTS) is 1. The lowest BCUT2D eigenvalue weighted by molar-refractivity contribution is 0.0696. The Hall–Kier alpha value is -3.22. The predicted octanol–water partition coefficient (Wildman–Crippen LogP) is 3.69. The van der Waals surface area contributed by atoms with Gasteiger partial charge >= 0.3 is 5.97 Å². The number of fused-ring (bicyclic) bond motifs is 1. The van der Waals surface area contributed by atoms with Crippen LogP contribution in [0, 0.1) is 12.7 Å². The number of benzene rings is 1. The van der Waals surface area contributed by atoms with Crippen LogP contribution in [0.2, 0.25) is 0 Å². The van der Waals surface area contributed by atoms with E-state index >= 15 is 0 Å². The van der Waals surface area contributed by atoms with Crippen molar-refractivity contribution in [3.8, 4) is 5.75 Å². The van der Waals surface area contributed by atoms with Crippen molar-refractivity contribution in [1.82, 2.24) is 9.38 Å². The fourth-order valence-electron chi connectivity index (χ4n) is 3.03. The third-order valence-corrected chi connectivity index (χ3v) is 4.27. The largest absolute Gasteiger partial charge is 0.490 e. The Labute approximate surface area is 155 Å². The highest BCUT2D eigenvalue weighted by Crippen LogP contribution is 2.23. The van der Waals surface area contributed by atoms with Crippen molar-refractivity contribution < 1.29 is 23.8 Å². The highest BCUT2D eigenvalue weighted by molar-refractivity contribution is 5.97. The number of hydrogen-bond acceptors (Lipinski definition) is 4. The van der Waals surface area contributed by atoms with Crippen molar-refractivity contribution in [2.24, 2.45) is 0 Å². The molecule has 7 heteroatoms. The maximum atomic E-state index is 14.0. The Morgan fingerprint density at radius 2 is 2.07 bits per heavy atom. The molecule has 0 spiro atoms. The topological polar surface area (TPSA) is 80.9 Å². The van der Waals surface area contributed by atoms with E-state index in [9.17, 15) is 14.0 Å². The number of halogens is 1. The van der Waals surface area contributed by atoms with Crippen molar-refractivity contribution in [3.63, 3.8) is 0 Å². The van der Waals surface area contributed by atoms with Gasteiger partial charge in [0.25, 0.3) is 0 Å². The number of pyridine rings is 1. The molecule has 0 fully saturated rings. The van der Waals surface area contributed by atoms with Crippen molar-refractivity contribution in [2.45, 2.75) is 26.7 Å². The SMILES string of the molecule is CCOc1cccn2c(C(=O)CCc3cc(C(=O)O)ccc3F)c(C)nc12. The smallest absolute Gasteiger partial charge is 0.335 e. The molecule has 2 aromatic heterocycles. The molecule has 0 amide bonds. The number of carboxylic acids is 1. The molecule has 0 unspecified atom stereocenters. The van der Waals surface area contributed by atoms with Gasteiger partial charge in [0.1, 0.15) is 11.5 Å². The van der Waals surface area contributed by atoms with Gasteiger partial charge in [-0.15, -0.1) is 0 Å². The zero-order valence-corrected chi connectivity index (χ0v) is 15.0. The fraction of sp³-hybridized carbons (Fsp3) is 0.250. The van der Waals surface area contributed by atoms with E-state index in [0.29, 0.717) is 29.4 Å². The molecule has 2 heterocycles. The third-order valence-electron chi connectivity index (χ3n) is 4.27. The molecular formula is C20H19FN2O4. The van der Waals surface area contributed by atoms with Crippen LogP contribution in [-0.4, -0.2) is 32.9 Å². The molecule has 0 bridgehead atoms. The second-order valence-electron chi connectivity index (χ2n) is 6.08. The van der Waals surface area contributed by atoms with Gasteiger partial charge < -0.3 is 9.84 Å². The Morgan fingerprint density at radius 3 is 2.78 bits per heavy atom. The van der Waals surface area contributed by atoms with E-state index in [1.54, 1.807) is 29.7 Å². The molecule has 0 saturated carbocycles. The first kappa shape index (κ1) is 18.6. The molecule has 0 aliphatic carbocycles. The first-order valence-corrected chi connectivity index (χ1v) is 8.57. The normalized spacial score (nSPS) is 10.9. The Balaban J connectivity index is 1.87. The molecule has 0 aliphatic rings. The summed E-state index contributed by atoms with van der Waals surface area (Å²) in [6.07, 6.45) is 1.87. The van der Waals surface area contributed by atoms with Crippen LogP contribution < -0.4 is 4.74 Å². The van der Waals surface area contributed by atoms with Crippen LogP contribution in [0.4, 0.5) is 4.39 Å². The van der Waals surface area contributed by atoms with Gasteiger partial charge in [0.2, 0.25) is 0 Å². The van der Waals surface area contributed by atoms with Gasteiger partial charge in [-0.1, -0.05) is 0 Å². The number of nitrogens with zero attached hydrogens (tertiary/aromatic N) is 2. The van der Waals surface area contributed by atoms with Crippen LogP contribution in [0.3, 0.4) is 0 Å². The number of rotatable bonds is 7. The molecule has 3 aromatic rings. The first-order chi connectivity index (χ1) is 12.9. The summed E-state index contributed by atoms with van der Waals surface area (Å²) < 4.78 is 21.2. The number of ether oxygens (including phenoxy) is 1. The van der Waals surface area contributed by atoms with Gasteiger partial charge in [-0.25, -0.2) is 14.2 Å². The molecule has 6 nitrogen and oxygen atoms in total. The summed E-state index contributed by atoms with van der Waals surface area (Å²) in [5.41, 5.74) is 1.73. The van der Waals surface area contributed by atoms with Crippen LogP contribution in [0.25, 0.3) is 5.65 Å². The van der Waals surface area contributed by atoms with E-state index in [1.165, 1.54) is 12.1 Å². The number of carbonyl (C=O) groups excluding carboxylic acids is 1. The van der Waals surface area contributed by atoms with Crippen LogP contribution in [0.1, 0.15) is 45.4 Å². The van der Waals surface area contributed by atoms with Gasteiger partial charge in [-0.3, -0.25) is 9.20 Å². The average molecular weight is 370 g/mol. The van der Waals surface area contributed by atoms with Crippen LogP contribution in [0.15, 0.2) is 36.5 Å². The van der Waals surface area contributed by atoms with E-state index in [-0.39, 0.29) is 29.8 Å². The second kappa shape index (κ2) is 7.57. The van der Waals surface area contributed by atoms with Gasteiger partial charge in [-0.2, -0.15) is 0 Å². The van der Waals surface area contributed by atoms with Crippen LogP contribution in [-0.2, 0) is 6.42 Å². The van der Waals surface area contributed by atoms with E-state index in [4.69, 9.17) is 9.84 Å². The quantitative estimate of drug-likeness (QED) is 0.642. The highest BCUT2D eigenvalue weighted by atomic mass is 19.1. The van der Waals surface area contributed by atoms with Gasteiger partial charge in [0.15, 0.2) is 17.2 Å². The minimum Gasteiger partial charge on any atom is -0.490 e. The number of hydrogen-bond donors (Lipinski definition) is 1.